The van der Waals surface area contributed by atoms with Crippen LogP contribution in [0.15, 0.2) is 12.3 Å². The number of thiocarbonyl (C=S) groups is 1. The number of hydrogen-bond acceptors (Lipinski definition) is 5. The molecule has 0 radical (unpaired) electrons. The standard InChI is InChI=1S/C13H21N5S/c1-18(10-4-2-3-5-10)9-8-15-13-11(12(14)19)6-7-16-17-13/h6-7,10H,2-5,8-9H2,1H3,(H2,14,19)(H,15,17). The van der Waals surface area contributed by atoms with Crippen LogP contribution >= 0.6 is 12.2 Å². The lowest BCUT2D eigenvalue weighted by molar-refractivity contribution is 0.254. The van der Waals surface area contributed by atoms with Crippen LogP contribution in [0.3, 0.4) is 0 Å². The van der Waals surface area contributed by atoms with Crippen LogP contribution in [0.25, 0.3) is 0 Å². The third kappa shape index (κ3) is 3.84. The van der Waals surface area contributed by atoms with E-state index in [2.05, 4.69) is 27.5 Å². The second kappa shape index (κ2) is 6.77. The van der Waals surface area contributed by atoms with E-state index < -0.39 is 0 Å². The molecular formula is C13H21N5S. The van der Waals surface area contributed by atoms with E-state index in [0.717, 1.165) is 24.7 Å². The highest BCUT2D eigenvalue weighted by Gasteiger charge is 2.18. The van der Waals surface area contributed by atoms with Crippen LogP contribution in [-0.2, 0) is 0 Å². The zero-order valence-corrected chi connectivity index (χ0v) is 12.1. The Kier molecular flexibility index (Phi) is 5.04. The fourth-order valence-corrected chi connectivity index (χ4v) is 2.70. The van der Waals surface area contributed by atoms with E-state index >= 15 is 0 Å². The van der Waals surface area contributed by atoms with Crippen molar-refractivity contribution >= 4 is 23.0 Å². The molecule has 1 aliphatic carbocycles. The van der Waals surface area contributed by atoms with Crippen LogP contribution in [0.1, 0.15) is 31.2 Å². The van der Waals surface area contributed by atoms with Crippen molar-refractivity contribution in [1.82, 2.24) is 15.1 Å². The highest BCUT2D eigenvalue weighted by Crippen LogP contribution is 2.22. The van der Waals surface area contributed by atoms with Gasteiger partial charge in [0.25, 0.3) is 0 Å². The van der Waals surface area contributed by atoms with Crippen molar-refractivity contribution in [2.24, 2.45) is 5.73 Å². The molecule has 1 aliphatic rings. The number of likely N-dealkylation sites (N-methyl/N-ethyl adjacent to an activating group) is 1. The summed E-state index contributed by atoms with van der Waals surface area (Å²) in [6.45, 7) is 1.80. The van der Waals surface area contributed by atoms with Crippen molar-refractivity contribution in [3.8, 4) is 0 Å². The Morgan fingerprint density at radius 2 is 2.26 bits per heavy atom. The van der Waals surface area contributed by atoms with Crippen LogP contribution in [0, 0.1) is 0 Å². The molecule has 1 aromatic rings. The van der Waals surface area contributed by atoms with Gasteiger partial charge in [-0.3, -0.25) is 0 Å². The van der Waals surface area contributed by atoms with E-state index in [9.17, 15) is 0 Å². The molecule has 0 aromatic carbocycles. The average molecular weight is 279 g/mol. The monoisotopic (exact) mass is 279 g/mol. The number of hydrogen-bond donors (Lipinski definition) is 2. The molecule has 5 nitrogen and oxygen atoms in total. The first-order chi connectivity index (χ1) is 9.18. The summed E-state index contributed by atoms with van der Waals surface area (Å²) in [5.74, 6) is 0.676. The van der Waals surface area contributed by atoms with Gasteiger partial charge in [0.15, 0.2) is 5.82 Å². The maximum absolute atomic E-state index is 5.66. The predicted molar refractivity (Wildman–Crippen MR) is 81.3 cm³/mol. The molecule has 0 atom stereocenters. The third-order valence-electron chi connectivity index (χ3n) is 3.69. The zero-order valence-electron chi connectivity index (χ0n) is 11.3. The van der Waals surface area contributed by atoms with Crippen molar-refractivity contribution in [2.45, 2.75) is 31.7 Å². The third-order valence-corrected chi connectivity index (χ3v) is 3.91. The minimum absolute atomic E-state index is 0.349. The molecule has 1 saturated carbocycles. The highest BCUT2D eigenvalue weighted by atomic mass is 32.1. The van der Waals surface area contributed by atoms with Crippen LogP contribution in [0.5, 0.6) is 0 Å². The van der Waals surface area contributed by atoms with Crippen molar-refractivity contribution in [2.75, 3.05) is 25.5 Å². The van der Waals surface area contributed by atoms with Gasteiger partial charge >= 0.3 is 0 Å². The number of anilines is 1. The summed E-state index contributed by atoms with van der Waals surface area (Å²) in [4.78, 5) is 2.76. The lowest BCUT2D eigenvalue weighted by atomic mass is 10.2. The van der Waals surface area contributed by atoms with E-state index in [1.807, 2.05) is 0 Å². The first kappa shape index (κ1) is 14.1. The minimum atomic E-state index is 0.349. The molecule has 2 rings (SSSR count). The molecule has 1 heterocycles. The van der Waals surface area contributed by atoms with Gasteiger partial charge in [0, 0.05) is 19.1 Å². The van der Waals surface area contributed by atoms with Gasteiger partial charge in [0.1, 0.15) is 4.99 Å². The van der Waals surface area contributed by atoms with Crippen molar-refractivity contribution < 1.29 is 0 Å². The van der Waals surface area contributed by atoms with Gasteiger partial charge in [0.05, 0.1) is 11.8 Å². The first-order valence-corrected chi connectivity index (χ1v) is 7.15. The fraction of sp³-hybridized carbons (Fsp3) is 0.615. The summed E-state index contributed by atoms with van der Waals surface area (Å²) in [7, 11) is 2.18. The average Bonchev–Trinajstić information content (AvgIpc) is 2.93. The molecule has 0 saturated heterocycles. The van der Waals surface area contributed by atoms with Crippen LogP contribution in [0.2, 0.25) is 0 Å². The molecule has 19 heavy (non-hydrogen) atoms. The molecule has 6 heteroatoms. The molecule has 104 valence electrons. The van der Waals surface area contributed by atoms with E-state index in [1.165, 1.54) is 25.7 Å². The smallest absolute Gasteiger partial charge is 0.158 e. The Balaban J connectivity index is 1.83. The summed E-state index contributed by atoms with van der Waals surface area (Å²) in [6.07, 6.45) is 6.96. The lowest BCUT2D eigenvalue weighted by Gasteiger charge is -2.24. The highest BCUT2D eigenvalue weighted by molar-refractivity contribution is 7.80. The predicted octanol–water partition coefficient (Wildman–Crippen LogP) is 1.40. The minimum Gasteiger partial charge on any atom is -0.389 e. The second-order valence-corrected chi connectivity index (χ2v) is 5.44. The summed E-state index contributed by atoms with van der Waals surface area (Å²) < 4.78 is 0. The Morgan fingerprint density at radius 3 is 2.95 bits per heavy atom. The summed E-state index contributed by atoms with van der Waals surface area (Å²) in [5.41, 5.74) is 6.42. The molecular weight excluding hydrogens is 258 g/mol. The number of nitrogens with two attached hydrogens (primary N) is 1. The van der Waals surface area contributed by atoms with Crippen molar-refractivity contribution in [3.05, 3.63) is 17.8 Å². The van der Waals surface area contributed by atoms with E-state index in [1.54, 1.807) is 12.3 Å². The molecule has 0 amide bonds. The van der Waals surface area contributed by atoms with Crippen molar-refractivity contribution in [1.29, 1.82) is 0 Å². The van der Waals surface area contributed by atoms with Crippen molar-refractivity contribution in [3.63, 3.8) is 0 Å². The maximum Gasteiger partial charge on any atom is 0.158 e. The van der Waals surface area contributed by atoms with Gasteiger partial charge < -0.3 is 16.0 Å². The van der Waals surface area contributed by atoms with E-state index in [4.69, 9.17) is 18.0 Å². The summed E-state index contributed by atoms with van der Waals surface area (Å²) in [5, 5.41) is 11.2. The molecule has 0 bridgehead atoms. The summed E-state index contributed by atoms with van der Waals surface area (Å²) in [6, 6.07) is 2.52. The molecule has 0 spiro atoms. The topological polar surface area (TPSA) is 67.1 Å². The Morgan fingerprint density at radius 1 is 1.53 bits per heavy atom. The molecule has 0 aliphatic heterocycles. The SMILES string of the molecule is CN(CCNc1nnccc1C(N)=S)C1CCCC1. The van der Waals surface area contributed by atoms with Gasteiger partial charge in [-0.15, -0.1) is 5.10 Å². The number of aromatic nitrogens is 2. The van der Waals surface area contributed by atoms with Gasteiger partial charge in [-0.05, 0) is 26.0 Å². The largest absolute Gasteiger partial charge is 0.389 e. The number of nitrogens with one attached hydrogen (secondary N) is 1. The molecule has 3 N–H and O–H groups in total. The Bertz CT molecular complexity index is 431. The quantitative estimate of drug-likeness (QED) is 0.767. The van der Waals surface area contributed by atoms with Crippen LogP contribution in [0.4, 0.5) is 5.82 Å². The fourth-order valence-electron chi connectivity index (χ4n) is 2.54. The Hall–Kier alpha value is -1.27. The van der Waals surface area contributed by atoms with E-state index in [-0.39, 0.29) is 0 Å². The van der Waals surface area contributed by atoms with Gasteiger partial charge in [-0.1, -0.05) is 25.1 Å². The maximum atomic E-state index is 5.66. The molecule has 0 unspecified atom stereocenters. The summed E-state index contributed by atoms with van der Waals surface area (Å²) >= 11 is 5.00. The molecule has 1 aromatic heterocycles. The molecule has 1 fully saturated rings. The van der Waals surface area contributed by atoms with Gasteiger partial charge in [-0.2, -0.15) is 5.10 Å². The van der Waals surface area contributed by atoms with Crippen LogP contribution < -0.4 is 11.1 Å². The van der Waals surface area contributed by atoms with E-state index in [0.29, 0.717) is 10.8 Å². The van der Waals surface area contributed by atoms with Gasteiger partial charge in [-0.25, -0.2) is 0 Å². The van der Waals surface area contributed by atoms with Gasteiger partial charge in [0.2, 0.25) is 0 Å². The normalized spacial score (nSPS) is 15.9. The first-order valence-electron chi connectivity index (χ1n) is 6.74. The van der Waals surface area contributed by atoms with Crippen LogP contribution in [-0.4, -0.2) is 46.3 Å². The Labute approximate surface area is 119 Å². The number of rotatable bonds is 6. The lowest BCUT2D eigenvalue weighted by Crippen LogP contribution is -2.33. The zero-order chi connectivity index (χ0) is 13.7. The second-order valence-electron chi connectivity index (χ2n) is 5.00. The number of nitrogens with zero attached hydrogens (tertiary/aromatic N) is 3.